The highest BCUT2D eigenvalue weighted by Crippen LogP contribution is 2.25. The fourth-order valence-electron chi connectivity index (χ4n) is 1.59. The summed E-state index contributed by atoms with van der Waals surface area (Å²) in [5, 5.41) is 2.49. The molecule has 0 spiro atoms. The Morgan fingerprint density at radius 2 is 1.90 bits per heavy atom. The maximum Gasteiger partial charge on any atom is 0.387 e. The van der Waals surface area contributed by atoms with E-state index in [9.17, 15) is 13.6 Å². The Labute approximate surface area is 120 Å². The van der Waals surface area contributed by atoms with E-state index in [0.29, 0.717) is 0 Å². The quantitative estimate of drug-likeness (QED) is 0.859. The van der Waals surface area contributed by atoms with Crippen molar-refractivity contribution in [2.45, 2.75) is 6.61 Å². The summed E-state index contributed by atoms with van der Waals surface area (Å²) < 4.78 is 28.8. The summed E-state index contributed by atoms with van der Waals surface area (Å²) in [6, 6.07) is 9.46. The second kappa shape index (κ2) is 7.14. The van der Waals surface area contributed by atoms with Gasteiger partial charge in [-0.3, -0.25) is 9.78 Å². The highest BCUT2D eigenvalue weighted by Gasteiger charge is 2.10. The first-order valence-corrected chi connectivity index (χ1v) is 6.08. The van der Waals surface area contributed by atoms with Crippen LogP contribution in [0, 0.1) is 0 Å². The fraction of sp³-hybridized carbons (Fsp3) is 0.0667. The highest BCUT2D eigenvalue weighted by atomic mass is 19.3. The molecule has 0 bridgehead atoms. The lowest BCUT2D eigenvalue weighted by molar-refractivity contribution is -0.111. The second-order valence-electron chi connectivity index (χ2n) is 3.98. The molecule has 0 aliphatic rings. The van der Waals surface area contributed by atoms with E-state index in [4.69, 9.17) is 0 Å². The van der Waals surface area contributed by atoms with Gasteiger partial charge in [-0.15, -0.1) is 0 Å². The molecule has 2 rings (SSSR count). The van der Waals surface area contributed by atoms with Crippen molar-refractivity contribution in [1.29, 1.82) is 0 Å². The van der Waals surface area contributed by atoms with Gasteiger partial charge >= 0.3 is 6.61 Å². The van der Waals surface area contributed by atoms with Crippen molar-refractivity contribution < 1.29 is 18.3 Å². The number of benzene rings is 1. The first-order valence-electron chi connectivity index (χ1n) is 6.08. The molecule has 1 heterocycles. The first kappa shape index (κ1) is 14.6. The molecule has 6 heteroatoms. The normalized spacial score (nSPS) is 10.8. The van der Waals surface area contributed by atoms with E-state index in [0.717, 1.165) is 5.56 Å². The summed E-state index contributed by atoms with van der Waals surface area (Å²) in [5.41, 5.74) is 0.986. The zero-order valence-electron chi connectivity index (χ0n) is 10.9. The Kier molecular flexibility index (Phi) is 4.98. The monoisotopic (exact) mass is 290 g/mol. The van der Waals surface area contributed by atoms with Gasteiger partial charge in [-0.05, 0) is 35.9 Å². The van der Waals surface area contributed by atoms with Crippen molar-refractivity contribution >= 4 is 17.7 Å². The van der Waals surface area contributed by atoms with Crippen LogP contribution in [0.25, 0.3) is 6.08 Å². The van der Waals surface area contributed by atoms with Gasteiger partial charge in [-0.2, -0.15) is 8.78 Å². The van der Waals surface area contributed by atoms with Crippen LogP contribution in [0.15, 0.2) is 54.9 Å². The van der Waals surface area contributed by atoms with Crippen LogP contribution in [0.5, 0.6) is 5.75 Å². The van der Waals surface area contributed by atoms with Crippen molar-refractivity contribution in [2.24, 2.45) is 0 Å². The maximum absolute atomic E-state index is 12.3. The number of rotatable bonds is 5. The summed E-state index contributed by atoms with van der Waals surface area (Å²) in [5.74, 6) is -0.532. The maximum atomic E-state index is 12.3. The highest BCUT2D eigenvalue weighted by molar-refractivity contribution is 6.02. The van der Waals surface area contributed by atoms with Crippen molar-refractivity contribution in [3.05, 3.63) is 60.4 Å². The number of carbonyl (C=O) groups excluding carboxylic acids is 1. The summed E-state index contributed by atoms with van der Waals surface area (Å²) in [6.45, 7) is -2.95. The molecule has 1 amide bonds. The molecule has 21 heavy (non-hydrogen) atoms. The molecular weight excluding hydrogens is 278 g/mol. The van der Waals surface area contributed by atoms with Gasteiger partial charge in [0.1, 0.15) is 5.75 Å². The predicted molar refractivity (Wildman–Crippen MR) is 75.0 cm³/mol. The molecule has 4 nitrogen and oxygen atoms in total. The Bertz CT molecular complexity index is 631. The van der Waals surface area contributed by atoms with Crippen LogP contribution in [0.1, 0.15) is 5.56 Å². The molecule has 0 unspecified atom stereocenters. The van der Waals surface area contributed by atoms with Gasteiger partial charge in [0.05, 0.1) is 5.69 Å². The van der Waals surface area contributed by atoms with E-state index >= 15 is 0 Å². The van der Waals surface area contributed by atoms with Crippen LogP contribution < -0.4 is 10.1 Å². The number of nitrogens with one attached hydrogen (secondary N) is 1. The number of alkyl halides is 2. The zero-order chi connectivity index (χ0) is 15.1. The third-order valence-corrected chi connectivity index (χ3v) is 2.49. The van der Waals surface area contributed by atoms with E-state index < -0.39 is 12.5 Å². The van der Waals surface area contributed by atoms with Crippen LogP contribution in [-0.4, -0.2) is 17.5 Å². The van der Waals surface area contributed by atoms with E-state index in [-0.39, 0.29) is 11.4 Å². The van der Waals surface area contributed by atoms with E-state index in [1.165, 1.54) is 18.2 Å². The first-order chi connectivity index (χ1) is 10.1. The van der Waals surface area contributed by atoms with Gasteiger partial charge in [0.25, 0.3) is 0 Å². The standard InChI is InChI=1S/C15H12F2N2O2/c16-15(17)21-13-4-2-1-3-12(13)19-14(20)6-5-11-7-9-18-10-8-11/h1-10,15H,(H,19,20)/b6-5+. The number of amides is 1. The molecule has 0 saturated heterocycles. The van der Waals surface area contributed by atoms with E-state index in [1.807, 2.05) is 0 Å². The number of carbonyl (C=O) groups is 1. The molecule has 0 aliphatic heterocycles. The minimum Gasteiger partial charge on any atom is -0.433 e. The number of hydrogen-bond donors (Lipinski definition) is 1. The summed E-state index contributed by atoms with van der Waals surface area (Å²) in [6.07, 6.45) is 6.09. The van der Waals surface area contributed by atoms with Crippen molar-refractivity contribution in [3.63, 3.8) is 0 Å². The Balaban J connectivity index is 2.04. The van der Waals surface area contributed by atoms with Crippen LogP contribution in [0.4, 0.5) is 14.5 Å². The Morgan fingerprint density at radius 1 is 1.19 bits per heavy atom. The van der Waals surface area contributed by atoms with E-state index in [1.54, 1.807) is 42.7 Å². The number of anilines is 1. The molecular formula is C15H12F2N2O2. The minimum absolute atomic E-state index is 0.0850. The summed E-state index contributed by atoms with van der Waals surface area (Å²) in [7, 11) is 0. The number of aromatic nitrogens is 1. The predicted octanol–water partition coefficient (Wildman–Crippen LogP) is 3.33. The lowest BCUT2D eigenvalue weighted by Gasteiger charge is -2.10. The van der Waals surface area contributed by atoms with Gasteiger partial charge in [0.15, 0.2) is 0 Å². The molecule has 1 aromatic heterocycles. The molecule has 1 N–H and O–H groups in total. The van der Waals surface area contributed by atoms with Crippen LogP contribution in [0.3, 0.4) is 0 Å². The van der Waals surface area contributed by atoms with Gasteiger partial charge in [-0.1, -0.05) is 12.1 Å². The number of halogens is 2. The SMILES string of the molecule is O=C(/C=C/c1ccncc1)Nc1ccccc1OC(F)F. The number of ether oxygens (including phenoxy) is 1. The van der Waals surface area contributed by atoms with Crippen LogP contribution in [0.2, 0.25) is 0 Å². The largest absolute Gasteiger partial charge is 0.433 e. The number of pyridine rings is 1. The van der Waals surface area contributed by atoms with E-state index in [2.05, 4.69) is 15.0 Å². The number of hydrogen-bond acceptors (Lipinski definition) is 3. The third-order valence-electron chi connectivity index (χ3n) is 2.49. The lowest BCUT2D eigenvalue weighted by atomic mass is 10.2. The zero-order valence-corrected chi connectivity index (χ0v) is 10.9. The lowest BCUT2D eigenvalue weighted by Crippen LogP contribution is -2.11. The van der Waals surface area contributed by atoms with Crippen molar-refractivity contribution in [1.82, 2.24) is 4.98 Å². The van der Waals surface area contributed by atoms with Gasteiger partial charge in [0.2, 0.25) is 5.91 Å². The van der Waals surface area contributed by atoms with Gasteiger partial charge in [0, 0.05) is 18.5 Å². The van der Waals surface area contributed by atoms with Crippen LogP contribution in [-0.2, 0) is 4.79 Å². The third kappa shape index (κ3) is 4.68. The molecule has 1 aromatic carbocycles. The topological polar surface area (TPSA) is 51.2 Å². The fourth-order valence-corrected chi connectivity index (χ4v) is 1.59. The summed E-state index contributed by atoms with van der Waals surface area (Å²) >= 11 is 0. The second-order valence-corrected chi connectivity index (χ2v) is 3.98. The minimum atomic E-state index is -2.95. The average Bonchev–Trinajstić information content (AvgIpc) is 2.48. The smallest absolute Gasteiger partial charge is 0.387 e. The molecule has 0 atom stereocenters. The molecule has 0 aliphatic carbocycles. The van der Waals surface area contributed by atoms with Gasteiger partial charge < -0.3 is 10.1 Å². The molecule has 108 valence electrons. The molecule has 0 radical (unpaired) electrons. The Morgan fingerprint density at radius 3 is 2.62 bits per heavy atom. The molecule has 0 saturated carbocycles. The average molecular weight is 290 g/mol. The van der Waals surface area contributed by atoms with Crippen LogP contribution >= 0.6 is 0 Å². The molecule has 2 aromatic rings. The molecule has 0 fully saturated rings. The summed E-state index contributed by atoms with van der Waals surface area (Å²) in [4.78, 5) is 15.6. The Hall–Kier alpha value is -2.76. The van der Waals surface area contributed by atoms with Crippen molar-refractivity contribution in [3.8, 4) is 5.75 Å². The van der Waals surface area contributed by atoms with Crippen molar-refractivity contribution in [2.75, 3.05) is 5.32 Å². The number of para-hydroxylation sites is 2. The van der Waals surface area contributed by atoms with Gasteiger partial charge in [-0.25, -0.2) is 0 Å². The number of nitrogens with zero attached hydrogens (tertiary/aromatic N) is 1.